The molecule has 0 aliphatic carbocycles. The summed E-state index contributed by atoms with van der Waals surface area (Å²) in [7, 11) is 0. The number of hydrogen-bond acceptors (Lipinski definition) is 6. The summed E-state index contributed by atoms with van der Waals surface area (Å²) in [6, 6.07) is 0. The molecule has 6 nitrogen and oxygen atoms in total. The number of esters is 3. The summed E-state index contributed by atoms with van der Waals surface area (Å²) in [5, 5.41) is 0. The Balaban J connectivity index is 4.31. The highest BCUT2D eigenvalue weighted by Gasteiger charge is 2.19. The topological polar surface area (TPSA) is 78.9 Å². The largest absolute Gasteiger partial charge is 0.462 e. The summed E-state index contributed by atoms with van der Waals surface area (Å²) in [6.07, 6.45) is 91.8. The van der Waals surface area contributed by atoms with Gasteiger partial charge in [0.2, 0.25) is 0 Å². The Morgan fingerprint density at radius 2 is 0.481 bits per heavy atom. The van der Waals surface area contributed by atoms with Crippen molar-refractivity contribution in [1.82, 2.24) is 0 Å². The van der Waals surface area contributed by atoms with Gasteiger partial charge in [0, 0.05) is 19.3 Å². The van der Waals surface area contributed by atoms with E-state index in [2.05, 4.69) is 106 Å². The number of rotatable bonds is 64. The van der Waals surface area contributed by atoms with Crippen molar-refractivity contribution in [3.8, 4) is 0 Å². The van der Waals surface area contributed by atoms with Crippen LogP contribution in [0.4, 0.5) is 0 Å². The predicted molar refractivity (Wildman–Crippen MR) is 353 cm³/mol. The van der Waals surface area contributed by atoms with E-state index < -0.39 is 6.10 Å². The molecular weight excluding hydrogens is 997 g/mol. The van der Waals surface area contributed by atoms with Crippen molar-refractivity contribution in [3.63, 3.8) is 0 Å². The second-order valence-electron chi connectivity index (χ2n) is 23.4. The van der Waals surface area contributed by atoms with E-state index >= 15 is 0 Å². The lowest BCUT2D eigenvalue weighted by atomic mass is 10.0. The summed E-state index contributed by atoms with van der Waals surface area (Å²) in [5.41, 5.74) is 0. The van der Waals surface area contributed by atoms with Crippen molar-refractivity contribution in [2.24, 2.45) is 0 Å². The van der Waals surface area contributed by atoms with Gasteiger partial charge in [-0.2, -0.15) is 0 Å². The van der Waals surface area contributed by atoms with Gasteiger partial charge in [-0.05, 0) is 96.3 Å². The Morgan fingerprint density at radius 1 is 0.259 bits per heavy atom. The average Bonchev–Trinajstić information content (AvgIpc) is 3.47. The minimum absolute atomic E-state index is 0.0865. The second-order valence-corrected chi connectivity index (χ2v) is 23.4. The van der Waals surface area contributed by atoms with E-state index in [0.717, 1.165) is 128 Å². The fourth-order valence-electron chi connectivity index (χ4n) is 10.2. The van der Waals surface area contributed by atoms with Gasteiger partial charge in [0.1, 0.15) is 13.2 Å². The van der Waals surface area contributed by atoms with Gasteiger partial charge in [-0.1, -0.05) is 324 Å². The van der Waals surface area contributed by atoms with E-state index in [9.17, 15) is 14.4 Å². The van der Waals surface area contributed by atoms with E-state index in [1.165, 1.54) is 186 Å². The molecule has 0 amide bonds. The first-order valence-corrected chi connectivity index (χ1v) is 35.1. The Morgan fingerprint density at radius 3 is 0.778 bits per heavy atom. The number of hydrogen-bond donors (Lipinski definition) is 0. The summed E-state index contributed by atoms with van der Waals surface area (Å²) in [6.45, 7) is 6.52. The lowest BCUT2D eigenvalue weighted by Crippen LogP contribution is -2.30. The van der Waals surface area contributed by atoms with Gasteiger partial charge in [-0.15, -0.1) is 0 Å². The molecule has 468 valence electrons. The Bertz CT molecular complexity index is 1530. The van der Waals surface area contributed by atoms with Crippen LogP contribution >= 0.6 is 0 Å². The zero-order valence-corrected chi connectivity index (χ0v) is 53.8. The molecule has 1 atom stereocenters. The van der Waals surface area contributed by atoms with Crippen molar-refractivity contribution in [3.05, 3.63) is 85.1 Å². The lowest BCUT2D eigenvalue weighted by molar-refractivity contribution is -0.167. The van der Waals surface area contributed by atoms with Crippen LogP contribution in [0.1, 0.15) is 355 Å². The monoisotopic (exact) mass is 1130 g/mol. The fourth-order valence-corrected chi connectivity index (χ4v) is 10.2. The predicted octanol–water partition coefficient (Wildman–Crippen LogP) is 24.2. The first-order valence-electron chi connectivity index (χ1n) is 35.1. The molecule has 0 saturated heterocycles. The molecule has 0 saturated carbocycles. The van der Waals surface area contributed by atoms with Crippen LogP contribution in [-0.4, -0.2) is 37.2 Å². The summed E-state index contributed by atoms with van der Waals surface area (Å²) in [4.78, 5) is 38.4. The maximum atomic E-state index is 12.9. The number of unbranched alkanes of at least 4 members (excludes halogenated alkanes) is 39. The normalized spacial score (nSPS) is 12.6. The Labute approximate surface area is 503 Å². The molecular formula is C75H132O6. The van der Waals surface area contributed by atoms with Gasteiger partial charge >= 0.3 is 17.9 Å². The lowest BCUT2D eigenvalue weighted by Gasteiger charge is -2.18. The summed E-state index contributed by atoms with van der Waals surface area (Å²) < 4.78 is 17.0. The molecule has 0 fully saturated rings. The van der Waals surface area contributed by atoms with Gasteiger partial charge in [0.15, 0.2) is 6.10 Å². The van der Waals surface area contributed by atoms with Crippen LogP contribution in [0.15, 0.2) is 85.1 Å². The minimum atomic E-state index is -0.794. The van der Waals surface area contributed by atoms with Gasteiger partial charge in [-0.3, -0.25) is 14.4 Å². The highest BCUT2D eigenvalue weighted by Crippen LogP contribution is 2.18. The maximum absolute atomic E-state index is 12.9. The van der Waals surface area contributed by atoms with Gasteiger partial charge in [0.05, 0.1) is 0 Å². The fraction of sp³-hybridized carbons (Fsp3) is 0.773. The van der Waals surface area contributed by atoms with Crippen molar-refractivity contribution >= 4 is 17.9 Å². The molecule has 0 aliphatic heterocycles. The van der Waals surface area contributed by atoms with Crippen LogP contribution < -0.4 is 0 Å². The van der Waals surface area contributed by atoms with Gasteiger partial charge < -0.3 is 14.2 Å². The zero-order valence-electron chi connectivity index (χ0n) is 53.8. The van der Waals surface area contributed by atoms with Gasteiger partial charge in [-0.25, -0.2) is 0 Å². The minimum Gasteiger partial charge on any atom is -0.462 e. The van der Waals surface area contributed by atoms with E-state index in [0.29, 0.717) is 19.3 Å². The second kappa shape index (κ2) is 69.1. The zero-order chi connectivity index (χ0) is 58.5. The van der Waals surface area contributed by atoms with Crippen molar-refractivity contribution < 1.29 is 28.6 Å². The third kappa shape index (κ3) is 67.3. The average molecular weight is 1130 g/mol. The molecule has 0 spiro atoms. The van der Waals surface area contributed by atoms with E-state index in [-0.39, 0.29) is 31.1 Å². The van der Waals surface area contributed by atoms with E-state index in [1.54, 1.807) is 0 Å². The third-order valence-electron chi connectivity index (χ3n) is 15.4. The van der Waals surface area contributed by atoms with Crippen LogP contribution in [0.25, 0.3) is 0 Å². The van der Waals surface area contributed by atoms with Gasteiger partial charge in [0.25, 0.3) is 0 Å². The summed E-state index contributed by atoms with van der Waals surface area (Å²) >= 11 is 0. The van der Waals surface area contributed by atoms with Crippen LogP contribution in [0.5, 0.6) is 0 Å². The molecule has 0 aromatic heterocycles. The molecule has 0 aromatic carbocycles. The summed E-state index contributed by atoms with van der Waals surface area (Å²) in [5.74, 6) is -0.903. The molecule has 0 rings (SSSR count). The van der Waals surface area contributed by atoms with Crippen LogP contribution in [0.3, 0.4) is 0 Å². The Hall–Kier alpha value is -3.41. The number of ether oxygens (including phenoxy) is 3. The number of carbonyl (C=O) groups is 3. The smallest absolute Gasteiger partial charge is 0.306 e. The van der Waals surface area contributed by atoms with Crippen molar-refractivity contribution in [2.45, 2.75) is 361 Å². The van der Waals surface area contributed by atoms with E-state index in [1.807, 2.05) is 0 Å². The van der Waals surface area contributed by atoms with Crippen molar-refractivity contribution in [2.75, 3.05) is 13.2 Å². The highest BCUT2D eigenvalue weighted by atomic mass is 16.6. The molecule has 0 radical (unpaired) electrons. The molecule has 6 heteroatoms. The van der Waals surface area contributed by atoms with Crippen LogP contribution in [-0.2, 0) is 28.6 Å². The number of carbonyl (C=O) groups excluding carboxylic acids is 3. The molecule has 0 aliphatic rings. The van der Waals surface area contributed by atoms with E-state index in [4.69, 9.17) is 14.2 Å². The Kier molecular flexibility index (Phi) is 66.2. The molecule has 81 heavy (non-hydrogen) atoms. The van der Waals surface area contributed by atoms with Crippen molar-refractivity contribution in [1.29, 1.82) is 0 Å². The first-order chi connectivity index (χ1) is 40.0. The highest BCUT2D eigenvalue weighted by molar-refractivity contribution is 5.71. The van der Waals surface area contributed by atoms with Crippen LogP contribution in [0, 0.1) is 0 Å². The molecule has 0 N–H and O–H groups in total. The maximum Gasteiger partial charge on any atom is 0.306 e. The molecule has 0 aromatic rings. The third-order valence-corrected chi connectivity index (χ3v) is 15.4. The standard InChI is InChI=1S/C75H132O6/c1-4-7-10-13-16-19-22-25-28-30-32-34-35-36-37-38-39-41-42-44-47-50-53-56-59-62-65-68-74(77)80-71-72(70-79-73(76)67-64-61-58-55-52-49-46-27-24-21-18-15-12-9-6-3)81-75(78)69-66-63-60-57-54-51-48-45-43-40-33-31-29-26-23-20-17-14-11-8-5-2/h8,11,17-18,20-21,26-27,29,33,40,45-46,48,72H,4-7,9-10,12-16,19,22-25,28,30-32,34-39,41-44,47,49-71H2,1-3H3/b11-8-,20-17-,21-18-,29-26-,40-33-,46-27-,48-45-. The van der Waals surface area contributed by atoms with Crippen LogP contribution in [0.2, 0.25) is 0 Å². The SMILES string of the molecule is CC/C=C\C/C=C\C/C=C\C/C=C\C/C=C\CCCCCCCC(=O)OC(COC(=O)CCCCCCC/C=C\C/C=C\CCCCC)COC(=O)CCCCCCCCCCCCCCCCCCCCCCCCCCCCC. The molecule has 0 heterocycles. The first kappa shape index (κ1) is 77.6. The number of allylic oxidation sites excluding steroid dienone is 14. The molecule has 1 unspecified atom stereocenters. The molecule has 0 bridgehead atoms. The quantitative estimate of drug-likeness (QED) is 0.0261.